The number of anilines is 1. The fraction of sp³-hybridized carbons (Fsp3) is 0.200. The molecule has 1 heterocycles. The van der Waals surface area contributed by atoms with Gasteiger partial charge in [0.05, 0.1) is 18.7 Å². The Bertz CT molecular complexity index is 943. The molecular formula is C20H20ClN3O2S. The van der Waals surface area contributed by atoms with Gasteiger partial charge in [0.2, 0.25) is 0 Å². The molecule has 2 aromatic rings. The number of hydrogen-bond acceptors (Lipinski definition) is 3. The van der Waals surface area contributed by atoms with Crippen molar-refractivity contribution in [3.8, 4) is 5.75 Å². The SMILES string of the molecule is COc1ccccc1[C@@H]1NC(=S)NC(C)=C1C(=O)Nc1cc(Cl)ccc1C. The first-order valence-corrected chi connectivity index (χ1v) is 9.18. The Hall–Kier alpha value is -2.57. The lowest BCUT2D eigenvalue weighted by molar-refractivity contribution is -0.113. The largest absolute Gasteiger partial charge is 0.496 e. The molecule has 0 spiro atoms. The number of carbonyl (C=O) groups is 1. The number of ether oxygens (including phenoxy) is 1. The van der Waals surface area contributed by atoms with Crippen LogP contribution in [0.2, 0.25) is 5.02 Å². The van der Waals surface area contributed by atoms with Crippen LogP contribution in [0.15, 0.2) is 53.7 Å². The van der Waals surface area contributed by atoms with Crippen LogP contribution in [0.4, 0.5) is 5.69 Å². The Morgan fingerprint density at radius 1 is 1.22 bits per heavy atom. The van der Waals surface area contributed by atoms with Crippen molar-refractivity contribution in [2.75, 3.05) is 12.4 Å². The Kier molecular flexibility index (Phi) is 5.68. The van der Waals surface area contributed by atoms with Gasteiger partial charge < -0.3 is 20.7 Å². The van der Waals surface area contributed by atoms with Crippen LogP contribution >= 0.6 is 23.8 Å². The van der Waals surface area contributed by atoms with Crippen LogP contribution in [-0.4, -0.2) is 18.1 Å². The molecule has 1 aliphatic rings. The fourth-order valence-electron chi connectivity index (χ4n) is 3.05. The van der Waals surface area contributed by atoms with E-state index in [1.54, 1.807) is 19.2 Å². The third-order valence-electron chi connectivity index (χ3n) is 4.41. The van der Waals surface area contributed by atoms with E-state index in [4.69, 9.17) is 28.6 Å². The van der Waals surface area contributed by atoms with E-state index in [1.807, 2.05) is 44.2 Å². The molecule has 140 valence electrons. The average molecular weight is 402 g/mol. The summed E-state index contributed by atoms with van der Waals surface area (Å²) in [6, 6.07) is 12.5. The first-order chi connectivity index (χ1) is 12.9. The minimum atomic E-state index is -0.436. The van der Waals surface area contributed by atoms with Gasteiger partial charge in [0.25, 0.3) is 5.91 Å². The van der Waals surface area contributed by atoms with Crippen LogP contribution < -0.4 is 20.7 Å². The molecule has 2 aromatic carbocycles. The summed E-state index contributed by atoms with van der Waals surface area (Å²) in [5.74, 6) is 0.438. The normalized spacial score (nSPS) is 16.4. The first kappa shape index (κ1) is 19.2. The fourth-order valence-corrected chi connectivity index (χ4v) is 3.49. The number of aryl methyl sites for hydroxylation is 1. The van der Waals surface area contributed by atoms with Crippen molar-refractivity contribution >= 4 is 40.5 Å². The zero-order valence-electron chi connectivity index (χ0n) is 15.2. The van der Waals surface area contributed by atoms with Crippen molar-refractivity contribution in [3.63, 3.8) is 0 Å². The van der Waals surface area contributed by atoms with Crippen LogP contribution in [0.3, 0.4) is 0 Å². The average Bonchev–Trinajstić information content (AvgIpc) is 2.63. The van der Waals surface area contributed by atoms with Crippen molar-refractivity contribution in [1.29, 1.82) is 0 Å². The van der Waals surface area contributed by atoms with Crippen molar-refractivity contribution in [2.24, 2.45) is 0 Å². The number of nitrogens with one attached hydrogen (secondary N) is 3. The molecule has 1 amide bonds. The number of thiocarbonyl (C=S) groups is 1. The number of methoxy groups -OCH3 is 1. The zero-order valence-corrected chi connectivity index (χ0v) is 16.8. The molecule has 0 aromatic heterocycles. The second kappa shape index (κ2) is 7.98. The minimum Gasteiger partial charge on any atom is -0.496 e. The summed E-state index contributed by atoms with van der Waals surface area (Å²) in [6.45, 7) is 3.74. The summed E-state index contributed by atoms with van der Waals surface area (Å²) >= 11 is 11.4. The summed E-state index contributed by atoms with van der Waals surface area (Å²) in [5, 5.41) is 10.2. The van der Waals surface area contributed by atoms with Gasteiger partial charge in [0.1, 0.15) is 5.75 Å². The van der Waals surface area contributed by atoms with E-state index in [0.29, 0.717) is 32.8 Å². The second-order valence-electron chi connectivity index (χ2n) is 6.23. The van der Waals surface area contributed by atoms with Gasteiger partial charge in [0, 0.05) is 22.0 Å². The molecule has 0 fully saturated rings. The molecule has 0 unspecified atom stereocenters. The molecule has 0 radical (unpaired) electrons. The smallest absolute Gasteiger partial charge is 0.255 e. The lowest BCUT2D eigenvalue weighted by Gasteiger charge is -2.31. The molecule has 3 N–H and O–H groups in total. The summed E-state index contributed by atoms with van der Waals surface area (Å²) in [6.07, 6.45) is 0. The van der Waals surface area contributed by atoms with Gasteiger partial charge in [-0.25, -0.2) is 0 Å². The maximum Gasteiger partial charge on any atom is 0.255 e. The van der Waals surface area contributed by atoms with E-state index >= 15 is 0 Å². The molecule has 5 nitrogen and oxygen atoms in total. The monoisotopic (exact) mass is 401 g/mol. The van der Waals surface area contributed by atoms with E-state index in [1.165, 1.54) is 0 Å². The predicted octanol–water partition coefficient (Wildman–Crippen LogP) is 4.09. The zero-order chi connectivity index (χ0) is 19.6. The molecule has 0 saturated heterocycles. The molecular weight excluding hydrogens is 382 g/mol. The molecule has 0 aliphatic carbocycles. The van der Waals surface area contributed by atoms with E-state index in [-0.39, 0.29) is 5.91 Å². The van der Waals surface area contributed by atoms with Crippen LogP contribution in [0.5, 0.6) is 5.75 Å². The Balaban J connectivity index is 2.01. The predicted molar refractivity (Wildman–Crippen MR) is 112 cm³/mol. The highest BCUT2D eigenvalue weighted by molar-refractivity contribution is 7.80. The van der Waals surface area contributed by atoms with Crippen LogP contribution in [0, 0.1) is 6.92 Å². The number of benzene rings is 2. The number of halogens is 1. The maximum absolute atomic E-state index is 13.2. The lowest BCUT2D eigenvalue weighted by atomic mass is 9.94. The van der Waals surface area contributed by atoms with E-state index in [9.17, 15) is 4.79 Å². The van der Waals surface area contributed by atoms with Crippen LogP contribution in [-0.2, 0) is 4.79 Å². The highest BCUT2D eigenvalue weighted by atomic mass is 35.5. The molecule has 1 aliphatic heterocycles. The molecule has 27 heavy (non-hydrogen) atoms. The van der Waals surface area contributed by atoms with Gasteiger partial charge in [-0.3, -0.25) is 4.79 Å². The van der Waals surface area contributed by atoms with E-state index in [2.05, 4.69) is 16.0 Å². The molecule has 0 saturated carbocycles. The second-order valence-corrected chi connectivity index (χ2v) is 7.07. The summed E-state index contributed by atoms with van der Waals surface area (Å²) in [5.41, 5.74) is 3.64. The van der Waals surface area contributed by atoms with Gasteiger partial charge >= 0.3 is 0 Å². The van der Waals surface area contributed by atoms with Gasteiger partial charge in [0.15, 0.2) is 5.11 Å². The quantitative estimate of drug-likeness (QED) is 0.673. The van der Waals surface area contributed by atoms with Crippen molar-refractivity contribution in [1.82, 2.24) is 10.6 Å². The lowest BCUT2D eigenvalue weighted by Crippen LogP contribution is -2.45. The number of carbonyl (C=O) groups excluding carboxylic acids is 1. The highest BCUT2D eigenvalue weighted by Crippen LogP contribution is 2.33. The van der Waals surface area contributed by atoms with Crippen molar-refractivity contribution in [2.45, 2.75) is 19.9 Å². The number of allylic oxidation sites excluding steroid dienone is 1. The van der Waals surface area contributed by atoms with Gasteiger partial charge in [-0.05, 0) is 49.8 Å². The summed E-state index contributed by atoms with van der Waals surface area (Å²) in [7, 11) is 1.60. The Labute approximate surface area is 168 Å². The van der Waals surface area contributed by atoms with Crippen LogP contribution in [0.25, 0.3) is 0 Å². The number of amides is 1. The third-order valence-corrected chi connectivity index (χ3v) is 4.87. The van der Waals surface area contributed by atoms with Gasteiger partial charge in [-0.2, -0.15) is 0 Å². The number of para-hydroxylation sites is 1. The third kappa shape index (κ3) is 4.07. The summed E-state index contributed by atoms with van der Waals surface area (Å²) in [4.78, 5) is 13.2. The molecule has 7 heteroatoms. The maximum atomic E-state index is 13.2. The first-order valence-electron chi connectivity index (χ1n) is 8.39. The Morgan fingerprint density at radius 3 is 2.70 bits per heavy atom. The van der Waals surface area contributed by atoms with Crippen LogP contribution in [0.1, 0.15) is 24.1 Å². The number of rotatable bonds is 4. The highest BCUT2D eigenvalue weighted by Gasteiger charge is 2.31. The van der Waals surface area contributed by atoms with E-state index in [0.717, 1.165) is 11.1 Å². The Morgan fingerprint density at radius 2 is 1.96 bits per heavy atom. The molecule has 0 bridgehead atoms. The van der Waals surface area contributed by atoms with E-state index < -0.39 is 6.04 Å². The van der Waals surface area contributed by atoms with Crippen molar-refractivity contribution in [3.05, 3.63) is 69.9 Å². The molecule has 3 rings (SSSR count). The number of hydrogen-bond donors (Lipinski definition) is 3. The van der Waals surface area contributed by atoms with Gasteiger partial charge in [-0.15, -0.1) is 0 Å². The molecule has 1 atom stereocenters. The van der Waals surface area contributed by atoms with Crippen molar-refractivity contribution < 1.29 is 9.53 Å². The topological polar surface area (TPSA) is 62.4 Å². The van der Waals surface area contributed by atoms with Gasteiger partial charge in [-0.1, -0.05) is 35.9 Å². The standard InChI is InChI=1S/C20H20ClN3O2S/c1-11-8-9-13(21)10-15(11)23-19(25)17-12(2)22-20(27)24-18(17)14-6-4-5-7-16(14)26-3/h4-10,18H,1-3H3,(H,23,25)(H2,22,24,27)/t18-/m0/s1. The summed E-state index contributed by atoms with van der Waals surface area (Å²) < 4.78 is 5.47. The minimum absolute atomic E-state index is 0.240.